The van der Waals surface area contributed by atoms with E-state index in [2.05, 4.69) is 36.5 Å². The van der Waals surface area contributed by atoms with Crippen LogP contribution >= 0.6 is 0 Å². The van der Waals surface area contributed by atoms with Crippen LogP contribution in [0.15, 0.2) is 36.4 Å². The van der Waals surface area contributed by atoms with Gasteiger partial charge in [-0.1, -0.05) is 89.0 Å². The quantitative estimate of drug-likeness (QED) is 0.0844. The lowest BCUT2D eigenvalue weighted by atomic mass is 9.82. The van der Waals surface area contributed by atoms with E-state index < -0.39 is 6.09 Å². The van der Waals surface area contributed by atoms with Crippen molar-refractivity contribution in [2.45, 2.75) is 135 Å². The molecule has 2 rings (SSSR count). The normalized spacial score (nSPS) is 17.1. The Morgan fingerprint density at radius 3 is 2.17 bits per heavy atom. The molecule has 1 aromatic rings. The summed E-state index contributed by atoms with van der Waals surface area (Å²) >= 11 is 0. The van der Waals surface area contributed by atoms with Gasteiger partial charge < -0.3 is 19.9 Å². The van der Waals surface area contributed by atoms with Gasteiger partial charge in [-0.15, -0.1) is 0 Å². The van der Waals surface area contributed by atoms with E-state index >= 15 is 0 Å². The van der Waals surface area contributed by atoms with Crippen molar-refractivity contribution in [1.29, 1.82) is 0 Å². The fraction of sp³-hybridized carbons (Fsp3) is 0.706. The Labute approximate surface area is 243 Å². The Morgan fingerprint density at radius 2 is 1.50 bits per heavy atom. The Balaban J connectivity index is 1.53. The smallest absolute Gasteiger partial charge is 0.404 e. The van der Waals surface area contributed by atoms with Gasteiger partial charge in [0.2, 0.25) is 0 Å². The number of ether oxygens (including phenoxy) is 2. The maximum Gasteiger partial charge on any atom is 0.404 e. The maximum atomic E-state index is 12.6. The number of unbranched alkanes of at least 4 members (excludes halogenated alkanes) is 11. The van der Waals surface area contributed by atoms with Crippen molar-refractivity contribution in [3.8, 4) is 5.75 Å². The molecule has 6 heteroatoms. The molecule has 0 aromatic heterocycles. The van der Waals surface area contributed by atoms with Gasteiger partial charge in [-0.3, -0.25) is 4.79 Å². The van der Waals surface area contributed by atoms with Crippen molar-refractivity contribution in [1.82, 2.24) is 5.32 Å². The van der Waals surface area contributed by atoms with Gasteiger partial charge in [0, 0.05) is 6.42 Å². The molecule has 0 unspecified atom stereocenters. The molecule has 0 spiro atoms. The summed E-state index contributed by atoms with van der Waals surface area (Å²) in [4.78, 5) is 23.1. The summed E-state index contributed by atoms with van der Waals surface area (Å²) in [5.41, 5.74) is 1.21. The molecule has 0 heterocycles. The first-order chi connectivity index (χ1) is 19.6. The minimum absolute atomic E-state index is 0.0161. The molecule has 1 aliphatic rings. The van der Waals surface area contributed by atoms with E-state index in [-0.39, 0.29) is 18.6 Å². The lowest BCUT2D eigenvalue weighted by molar-refractivity contribution is -0.153. The second-order valence-electron chi connectivity index (χ2n) is 11.3. The highest BCUT2D eigenvalue weighted by molar-refractivity contribution is 5.69. The van der Waals surface area contributed by atoms with Gasteiger partial charge in [-0.05, 0) is 81.4 Å². The van der Waals surface area contributed by atoms with Crippen LogP contribution in [-0.2, 0) is 16.0 Å². The molecule has 40 heavy (non-hydrogen) atoms. The number of carbonyl (C=O) groups excluding carboxylic acids is 1. The summed E-state index contributed by atoms with van der Waals surface area (Å²) in [7, 11) is 0. The third-order valence-corrected chi connectivity index (χ3v) is 7.83. The standard InChI is InChI=1S/C34H55NO5/c1-2-3-4-5-6-7-8-9-10-11-12-13-14-15-16-21-33(36)40-32-20-18-17-19-30(32)28-29-22-24-31(25-23-29)39-27-26-35-34(37)38/h9-10,22-25,30,32,35H,2-8,11-21,26-28H2,1H3,(H,37,38)/t30-,32-/m0/s1. The number of nitrogens with one attached hydrogen (secondary N) is 1. The lowest BCUT2D eigenvalue weighted by Gasteiger charge is -2.31. The van der Waals surface area contributed by atoms with Crippen LogP contribution < -0.4 is 10.1 Å². The van der Waals surface area contributed by atoms with Crippen LogP contribution in [0.3, 0.4) is 0 Å². The molecule has 2 atom stereocenters. The SMILES string of the molecule is CCCCCCCCC=CCCCCCCCC(=O)O[C@H]1CCCC[C@H]1Cc1ccc(OCCNC(=O)O)cc1. The summed E-state index contributed by atoms with van der Waals surface area (Å²) in [6.45, 7) is 2.81. The van der Waals surface area contributed by atoms with Crippen molar-refractivity contribution in [2.75, 3.05) is 13.2 Å². The molecule has 226 valence electrons. The average Bonchev–Trinajstić information content (AvgIpc) is 2.95. The largest absolute Gasteiger partial charge is 0.492 e. The van der Waals surface area contributed by atoms with Gasteiger partial charge >= 0.3 is 12.1 Å². The Hall–Kier alpha value is -2.50. The fourth-order valence-electron chi connectivity index (χ4n) is 5.48. The Bertz CT molecular complexity index is 822. The van der Waals surface area contributed by atoms with Gasteiger partial charge in [0.15, 0.2) is 0 Å². The summed E-state index contributed by atoms with van der Waals surface area (Å²) in [5.74, 6) is 1.05. The molecule has 1 aliphatic carbocycles. The van der Waals surface area contributed by atoms with Crippen LogP contribution in [0.1, 0.15) is 128 Å². The van der Waals surface area contributed by atoms with Crippen molar-refractivity contribution in [3.05, 3.63) is 42.0 Å². The van der Waals surface area contributed by atoms with Crippen molar-refractivity contribution in [3.63, 3.8) is 0 Å². The number of benzene rings is 1. The third-order valence-electron chi connectivity index (χ3n) is 7.83. The molecule has 0 bridgehead atoms. The minimum atomic E-state index is -1.05. The van der Waals surface area contributed by atoms with Crippen LogP contribution in [0.5, 0.6) is 5.75 Å². The lowest BCUT2D eigenvalue weighted by Crippen LogP contribution is -2.31. The zero-order valence-electron chi connectivity index (χ0n) is 25.0. The minimum Gasteiger partial charge on any atom is -0.492 e. The zero-order chi connectivity index (χ0) is 28.7. The highest BCUT2D eigenvalue weighted by Gasteiger charge is 2.28. The summed E-state index contributed by atoms with van der Waals surface area (Å²) in [6.07, 6.45) is 25.8. The second-order valence-corrected chi connectivity index (χ2v) is 11.3. The first-order valence-electron chi connectivity index (χ1n) is 16.1. The van der Waals surface area contributed by atoms with Gasteiger partial charge in [0.1, 0.15) is 18.5 Å². The molecule has 6 nitrogen and oxygen atoms in total. The maximum absolute atomic E-state index is 12.6. The molecule has 1 fully saturated rings. The van der Waals surface area contributed by atoms with Crippen LogP contribution in [-0.4, -0.2) is 36.4 Å². The van der Waals surface area contributed by atoms with Crippen molar-refractivity contribution < 1.29 is 24.2 Å². The second kappa shape index (κ2) is 22.2. The van der Waals surface area contributed by atoms with E-state index in [1.54, 1.807) is 0 Å². The summed E-state index contributed by atoms with van der Waals surface area (Å²) in [5, 5.41) is 10.9. The van der Waals surface area contributed by atoms with E-state index in [9.17, 15) is 9.59 Å². The first kappa shape index (κ1) is 33.7. The average molecular weight is 558 g/mol. The predicted molar refractivity (Wildman–Crippen MR) is 163 cm³/mol. The number of esters is 1. The van der Waals surface area contributed by atoms with Crippen molar-refractivity contribution >= 4 is 12.1 Å². The topological polar surface area (TPSA) is 84.9 Å². The molecule has 0 saturated heterocycles. The van der Waals surface area contributed by atoms with E-state index in [4.69, 9.17) is 14.6 Å². The molecule has 1 saturated carbocycles. The van der Waals surface area contributed by atoms with Crippen LogP contribution in [0.25, 0.3) is 0 Å². The number of allylic oxidation sites excluding steroid dienone is 2. The van der Waals surface area contributed by atoms with Gasteiger partial charge in [-0.25, -0.2) is 4.79 Å². The predicted octanol–water partition coefficient (Wildman–Crippen LogP) is 9.02. The number of hydrogen-bond acceptors (Lipinski definition) is 4. The molecular formula is C34H55NO5. The number of amides is 1. The van der Waals surface area contributed by atoms with Gasteiger partial charge in [0.25, 0.3) is 0 Å². The Morgan fingerprint density at radius 1 is 0.875 bits per heavy atom. The highest BCUT2D eigenvalue weighted by atomic mass is 16.5. The first-order valence-corrected chi connectivity index (χ1v) is 16.1. The fourth-order valence-corrected chi connectivity index (χ4v) is 5.48. The van der Waals surface area contributed by atoms with E-state index in [0.717, 1.165) is 44.3 Å². The third kappa shape index (κ3) is 16.6. The molecule has 1 amide bonds. The molecule has 0 aliphatic heterocycles. The highest BCUT2D eigenvalue weighted by Crippen LogP contribution is 2.30. The monoisotopic (exact) mass is 557 g/mol. The van der Waals surface area contributed by atoms with Crippen LogP contribution in [0.2, 0.25) is 0 Å². The zero-order valence-corrected chi connectivity index (χ0v) is 25.0. The number of carboxylic acid groups (broad SMARTS) is 1. The van der Waals surface area contributed by atoms with Crippen LogP contribution in [0.4, 0.5) is 4.79 Å². The van der Waals surface area contributed by atoms with Gasteiger partial charge in [0.05, 0.1) is 6.54 Å². The number of hydrogen-bond donors (Lipinski definition) is 2. The van der Waals surface area contributed by atoms with E-state index in [0.29, 0.717) is 18.9 Å². The summed E-state index contributed by atoms with van der Waals surface area (Å²) < 4.78 is 11.6. The van der Waals surface area contributed by atoms with E-state index in [1.165, 1.54) is 82.6 Å². The number of carbonyl (C=O) groups is 2. The number of rotatable bonds is 22. The van der Waals surface area contributed by atoms with Crippen LogP contribution in [0, 0.1) is 5.92 Å². The Kier molecular flexibility index (Phi) is 18.7. The molecular weight excluding hydrogens is 502 g/mol. The molecule has 0 radical (unpaired) electrons. The van der Waals surface area contributed by atoms with Gasteiger partial charge in [-0.2, -0.15) is 0 Å². The van der Waals surface area contributed by atoms with E-state index in [1.807, 2.05) is 12.1 Å². The molecule has 2 N–H and O–H groups in total. The summed E-state index contributed by atoms with van der Waals surface area (Å²) in [6, 6.07) is 7.96. The molecule has 1 aromatic carbocycles. The van der Waals surface area contributed by atoms with Crippen molar-refractivity contribution in [2.24, 2.45) is 5.92 Å².